The predicted molar refractivity (Wildman–Crippen MR) is 117 cm³/mol. The number of rotatable bonds is 7. The van der Waals surface area contributed by atoms with E-state index in [9.17, 15) is 19.7 Å². The summed E-state index contributed by atoms with van der Waals surface area (Å²) in [5, 5.41) is 14.2. The number of ether oxygens (including phenoxy) is 1. The minimum Gasteiger partial charge on any atom is -0.462 e. The quantitative estimate of drug-likeness (QED) is 0.290. The summed E-state index contributed by atoms with van der Waals surface area (Å²) in [6.45, 7) is 4.44. The second-order valence-corrected chi connectivity index (χ2v) is 8.47. The van der Waals surface area contributed by atoms with Crippen molar-refractivity contribution >= 4 is 40.0 Å². The second-order valence-electron chi connectivity index (χ2n) is 7.37. The molecular formula is C22H24N2O5S. The molecule has 1 amide bonds. The Labute approximate surface area is 178 Å². The fourth-order valence-electron chi connectivity index (χ4n) is 3.39. The number of thiophene rings is 1. The van der Waals surface area contributed by atoms with Crippen LogP contribution in [-0.4, -0.2) is 23.4 Å². The highest BCUT2D eigenvalue weighted by Crippen LogP contribution is 2.40. The third-order valence-corrected chi connectivity index (χ3v) is 6.07. The molecule has 0 radical (unpaired) electrons. The van der Waals surface area contributed by atoms with E-state index >= 15 is 0 Å². The number of nitrogens with zero attached hydrogens (tertiary/aromatic N) is 1. The van der Waals surface area contributed by atoms with Gasteiger partial charge in [0.15, 0.2) is 0 Å². The average molecular weight is 429 g/mol. The lowest BCUT2D eigenvalue weighted by Gasteiger charge is -2.18. The molecule has 8 heteroatoms. The number of carbonyl (C=O) groups excluding carboxylic acids is 2. The van der Waals surface area contributed by atoms with Crippen LogP contribution in [0.5, 0.6) is 0 Å². The van der Waals surface area contributed by atoms with Crippen molar-refractivity contribution in [3.05, 3.63) is 62.0 Å². The minimum atomic E-state index is -0.483. The van der Waals surface area contributed by atoms with Crippen LogP contribution in [-0.2, 0) is 22.4 Å². The average Bonchev–Trinajstić information content (AvgIpc) is 3.07. The predicted octanol–water partition coefficient (Wildman–Crippen LogP) is 5.00. The van der Waals surface area contributed by atoms with Gasteiger partial charge in [-0.15, -0.1) is 11.3 Å². The van der Waals surface area contributed by atoms with E-state index < -0.39 is 16.8 Å². The molecule has 1 heterocycles. The maximum atomic E-state index is 12.7. The van der Waals surface area contributed by atoms with Crippen LogP contribution in [0.25, 0.3) is 6.08 Å². The molecule has 0 fully saturated rings. The molecule has 0 unspecified atom stereocenters. The van der Waals surface area contributed by atoms with Crippen LogP contribution >= 0.6 is 11.3 Å². The lowest BCUT2D eigenvalue weighted by atomic mass is 9.88. The van der Waals surface area contributed by atoms with Crippen molar-refractivity contribution < 1.29 is 19.2 Å². The van der Waals surface area contributed by atoms with E-state index in [1.54, 1.807) is 12.1 Å². The van der Waals surface area contributed by atoms with Gasteiger partial charge in [0.2, 0.25) is 5.91 Å². The lowest BCUT2D eigenvalue weighted by molar-refractivity contribution is -0.384. The van der Waals surface area contributed by atoms with Gasteiger partial charge in [0.25, 0.3) is 5.69 Å². The summed E-state index contributed by atoms with van der Waals surface area (Å²) in [5.41, 5.74) is 1.95. The van der Waals surface area contributed by atoms with E-state index in [1.807, 2.05) is 6.92 Å². The van der Waals surface area contributed by atoms with Crippen LogP contribution in [0, 0.1) is 16.0 Å². The van der Waals surface area contributed by atoms with E-state index in [-0.39, 0.29) is 5.69 Å². The fraction of sp³-hybridized carbons (Fsp3) is 0.364. The molecule has 0 spiro atoms. The van der Waals surface area contributed by atoms with Gasteiger partial charge in [0, 0.05) is 23.1 Å². The largest absolute Gasteiger partial charge is 0.462 e. The molecule has 0 aliphatic heterocycles. The van der Waals surface area contributed by atoms with Gasteiger partial charge in [-0.25, -0.2) is 4.79 Å². The Morgan fingerprint density at radius 3 is 2.93 bits per heavy atom. The Balaban J connectivity index is 1.81. The van der Waals surface area contributed by atoms with Gasteiger partial charge in [-0.3, -0.25) is 14.9 Å². The van der Waals surface area contributed by atoms with Crippen molar-refractivity contribution in [1.29, 1.82) is 0 Å². The first kappa shape index (κ1) is 21.7. The zero-order chi connectivity index (χ0) is 21.7. The fourth-order valence-corrected chi connectivity index (χ4v) is 4.79. The molecule has 1 aliphatic carbocycles. The van der Waals surface area contributed by atoms with Gasteiger partial charge in [-0.1, -0.05) is 26.0 Å². The Morgan fingerprint density at radius 2 is 2.20 bits per heavy atom. The third kappa shape index (κ3) is 5.13. The van der Waals surface area contributed by atoms with Gasteiger partial charge in [-0.05, 0) is 48.8 Å². The number of hydrogen-bond donors (Lipinski definition) is 1. The molecule has 1 aliphatic rings. The Kier molecular flexibility index (Phi) is 6.99. The molecule has 0 bridgehead atoms. The molecule has 158 valence electrons. The number of nitrogens with one attached hydrogen (secondary N) is 1. The zero-order valence-electron chi connectivity index (χ0n) is 17.0. The number of non-ortho nitro benzene ring substituents is 1. The molecule has 2 aromatic rings. The minimum absolute atomic E-state index is 0.0430. The monoisotopic (exact) mass is 428 g/mol. The van der Waals surface area contributed by atoms with E-state index in [2.05, 4.69) is 12.2 Å². The van der Waals surface area contributed by atoms with Crippen LogP contribution in [0.4, 0.5) is 10.7 Å². The lowest BCUT2D eigenvalue weighted by Crippen LogP contribution is -2.16. The molecule has 1 N–H and O–H groups in total. The van der Waals surface area contributed by atoms with Gasteiger partial charge in [0.05, 0.1) is 17.1 Å². The number of benzene rings is 1. The summed E-state index contributed by atoms with van der Waals surface area (Å²) in [6.07, 6.45) is 6.21. The number of amides is 1. The summed E-state index contributed by atoms with van der Waals surface area (Å²) in [7, 11) is 0. The van der Waals surface area contributed by atoms with Gasteiger partial charge < -0.3 is 10.1 Å². The van der Waals surface area contributed by atoms with Crippen molar-refractivity contribution in [2.24, 2.45) is 5.92 Å². The molecule has 0 saturated heterocycles. The van der Waals surface area contributed by atoms with Crippen molar-refractivity contribution in [2.45, 2.75) is 39.5 Å². The summed E-state index contributed by atoms with van der Waals surface area (Å²) >= 11 is 1.43. The Morgan fingerprint density at radius 1 is 1.40 bits per heavy atom. The van der Waals surface area contributed by atoms with Crippen molar-refractivity contribution in [3.63, 3.8) is 0 Å². The highest BCUT2D eigenvalue weighted by atomic mass is 32.1. The van der Waals surface area contributed by atoms with Crippen LogP contribution < -0.4 is 5.32 Å². The molecule has 1 atom stereocenters. The molecule has 3 rings (SSSR count). The normalized spacial score (nSPS) is 15.6. The second kappa shape index (κ2) is 9.67. The first-order chi connectivity index (χ1) is 14.4. The number of fused-ring (bicyclic) bond motifs is 1. The van der Waals surface area contributed by atoms with Gasteiger partial charge in [0.1, 0.15) is 5.00 Å². The summed E-state index contributed by atoms with van der Waals surface area (Å²) in [4.78, 5) is 36.7. The molecule has 7 nitrogen and oxygen atoms in total. The summed E-state index contributed by atoms with van der Waals surface area (Å²) in [5.74, 6) is -0.271. The SMILES string of the molecule is CCCOC(=O)c1c(NC(=O)/C=C/c2cccc([N+](=O)[O-])c2)sc2c1CC[C@H](C)C2. The molecule has 30 heavy (non-hydrogen) atoms. The zero-order valence-corrected chi connectivity index (χ0v) is 17.8. The number of esters is 1. The number of carbonyl (C=O) groups is 2. The van der Waals surface area contributed by atoms with E-state index in [0.717, 1.165) is 36.1 Å². The molecule has 1 aromatic heterocycles. The highest BCUT2D eigenvalue weighted by Gasteiger charge is 2.29. The molecule has 1 aromatic carbocycles. The van der Waals surface area contributed by atoms with E-state index in [0.29, 0.717) is 28.7 Å². The smallest absolute Gasteiger partial charge is 0.341 e. The third-order valence-electron chi connectivity index (χ3n) is 4.90. The number of nitro benzene ring substituents is 1. The molecule has 0 saturated carbocycles. The van der Waals surface area contributed by atoms with Crippen LogP contribution in [0.2, 0.25) is 0 Å². The maximum absolute atomic E-state index is 12.7. The van der Waals surface area contributed by atoms with Crippen molar-refractivity contribution in [1.82, 2.24) is 0 Å². The molecular weight excluding hydrogens is 404 g/mol. The number of hydrogen-bond acceptors (Lipinski definition) is 6. The first-order valence-electron chi connectivity index (χ1n) is 9.94. The van der Waals surface area contributed by atoms with Crippen LogP contribution in [0.1, 0.15) is 53.1 Å². The maximum Gasteiger partial charge on any atom is 0.341 e. The Bertz CT molecular complexity index is 995. The van der Waals surface area contributed by atoms with E-state index in [1.165, 1.54) is 35.6 Å². The van der Waals surface area contributed by atoms with Gasteiger partial charge >= 0.3 is 5.97 Å². The number of anilines is 1. The topological polar surface area (TPSA) is 98.5 Å². The standard InChI is InChI=1S/C22H24N2O5S/c1-3-11-29-22(26)20-17-9-7-14(2)12-18(17)30-21(20)23-19(25)10-8-15-5-4-6-16(13-15)24(27)28/h4-6,8,10,13-14H,3,7,9,11-12H2,1-2H3,(H,23,25)/b10-8+/t14-/m0/s1. The highest BCUT2D eigenvalue weighted by molar-refractivity contribution is 7.17. The summed E-state index contributed by atoms with van der Waals surface area (Å²) < 4.78 is 5.35. The van der Waals surface area contributed by atoms with Crippen LogP contribution in [0.15, 0.2) is 30.3 Å². The van der Waals surface area contributed by atoms with Crippen molar-refractivity contribution in [3.8, 4) is 0 Å². The van der Waals surface area contributed by atoms with E-state index in [4.69, 9.17) is 4.74 Å². The van der Waals surface area contributed by atoms with Crippen LogP contribution in [0.3, 0.4) is 0 Å². The van der Waals surface area contributed by atoms with Crippen molar-refractivity contribution in [2.75, 3.05) is 11.9 Å². The number of nitro groups is 1. The first-order valence-corrected chi connectivity index (χ1v) is 10.8. The van der Waals surface area contributed by atoms with Gasteiger partial charge in [-0.2, -0.15) is 0 Å². The Hall–Kier alpha value is -3.00. The summed E-state index contributed by atoms with van der Waals surface area (Å²) in [6, 6.07) is 6.02.